The lowest BCUT2D eigenvalue weighted by molar-refractivity contribution is 0.102. The Morgan fingerprint density at radius 3 is 2.69 bits per heavy atom. The lowest BCUT2D eigenvalue weighted by Crippen LogP contribution is -2.12. The van der Waals surface area contributed by atoms with Crippen molar-refractivity contribution < 1.29 is 9.21 Å². The highest BCUT2D eigenvalue weighted by molar-refractivity contribution is 9.10. The van der Waals surface area contributed by atoms with Gasteiger partial charge < -0.3 is 9.73 Å². The predicted octanol–water partition coefficient (Wildman–Crippen LogP) is 5.82. The Morgan fingerprint density at radius 1 is 1.04 bits per heavy atom. The van der Waals surface area contributed by atoms with Crippen LogP contribution in [0.25, 0.3) is 22.6 Å². The molecular formula is C21H15BrN2O2. The number of nitrogens with zero attached hydrogens (tertiary/aromatic N) is 1. The fourth-order valence-corrected chi connectivity index (χ4v) is 3.11. The molecule has 0 unspecified atom stereocenters. The van der Waals surface area contributed by atoms with Crippen molar-refractivity contribution in [1.82, 2.24) is 4.98 Å². The average Bonchev–Trinajstić information content (AvgIpc) is 3.07. The van der Waals surface area contributed by atoms with E-state index in [1.807, 2.05) is 61.5 Å². The van der Waals surface area contributed by atoms with E-state index in [0.717, 1.165) is 32.4 Å². The number of benzene rings is 3. The van der Waals surface area contributed by atoms with E-state index in [0.29, 0.717) is 11.5 Å². The second-order valence-corrected chi connectivity index (χ2v) is 6.90. The molecule has 26 heavy (non-hydrogen) atoms. The molecule has 0 radical (unpaired) electrons. The number of amides is 1. The van der Waals surface area contributed by atoms with Crippen LogP contribution in [0.5, 0.6) is 0 Å². The van der Waals surface area contributed by atoms with Gasteiger partial charge in [-0.2, -0.15) is 0 Å². The molecule has 0 aliphatic rings. The minimum atomic E-state index is -0.163. The molecule has 0 saturated heterocycles. The molecule has 0 aliphatic carbocycles. The number of aromatic nitrogens is 1. The Balaban J connectivity index is 1.67. The molecule has 1 heterocycles. The van der Waals surface area contributed by atoms with Crippen LogP contribution >= 0.6 is 15.9 Å². The van der Waals surface area contributed by atoms with Gasteiger partial charge in [0.1, 0.15) is 5.52 Å². The Hall–Kier alpha value is -2.92. The summed E-state index contributed by atoms with van der Waals surface area (Å²) in [6.07, 6.45) is 0. The smallest absolute Gasteiger partial charge is 0.255 e. The fraction of sp³-hybridized carbons (Fsp3) is 0.0476. The Labute approximate surface area is 159 Å². The normalized spacial score (nSPS) is 10.8. The van der Waals surface area contributed by atoms with Gasteiger partial charge in [-0.3, -0.25) is 4.79 Å². The van der Waals surface area contributed by atoms with Gasteiger partial charge in [0.2, 0.25) is 5.89 Å². The second kappa shape index (κ2) is 6.77. The van der Waals surface area contributed by atoms with Crippen molar-refractivity contribution in [3.8, 4) is 11.5 Å². The summed E-state index contributed by atoms with van der Waals surface area (Å²) in [6.45, 7) is 1.95. The summed E-state index contributed by atoms with van der Waals surface area (Å²) in [5.41, 5.74) is 4.65. The molecule has 1 N–H and O–H groups in total. The Kier molecular flexibility index (Phi) is 4.31. The molecule has 0 fully saturated rings. The van der Waals surface area contributed by atoms with Gasteiger partial charge in [0.25, 0.3) is 5.91 Å². The van der Waals surface area contributed by atoms with Crippen LogP contribution in [-0.4, -0.2) is 10.9 Å². The third kappa shape index (κ3) is 3.26. The maximum absolute atomic E-state index is 12.5. The maximum atomic E-state index is 12.5. The van der Waals surface area contributed by atoms with Crippen LogP contribution in [0, 0.1) is 6.92 Å². The van der Waals surface area contributed by atoms with E-state index < -0.39 is 0 Å². The number of carbonyl (C=O) groups excluding carboxylic acids is 1. The van der Waals surface area contributed by atoms with E-state index in [4.69, 9.17) is 4.42 Å². The van der Waals surface area contributed by atoms with Gasteiger partial charge >= 0.3 is 0 Å². The number of fused-ring (bicyclic) bond motifs is 1. The molecule has 0 aliphatic heterocycles. The number of para-hydroxylation sites is 2. The van der Waals surface area contributed by atoms with Crippen LogP contribution in [0.3, 0.4) is 0 Å². The highest BCUT2D eigenvalue weighted by atomic mass is 79.9. The number of carbonyl (C=O) groups is 1. The molecule has 4 nitrogen and oxygen atoms in total. The first-order chi connectivity index (χ1) is 12.6. The summed E-state index contributed by atoms with van der Waals surface area (Å²) in [5.74, 6) is 0.369. The first kappa shape index (κ1) is 16.5. The van der Waals surface area contributed by atoms with Crippen LogP contribution in [-0.2, 0) is 0 Å². The second-order valence-electron chi connectivity index (χ2n) is 5.98. The lowest BCUT2D eigenvalue weighted by Gasteiger charge is -2.10. The number of rotatable bonds is 3. The molecule has 3 aromatic carbocycles. The van der Waals surface area contributed by atoms with Crippen molar-refractivity contribution in [2.45, 2.75) is 6.92 Å². The number of hydrogen-bond donors (Lipinski definition) is 1. The molecule has 0 bridgehead atoms. The number of halogens is 1. The first-order valence-corrected chi connectivity index (χ1v) is 8.93. The summed E-state index contributed by atoms with van der Waals surface area (Å²) in [5, 5.41) is 2.97. The molecule has 128 valence electrons. The molecule has 5 heteroatoms. The van der Waals surface area contributed by atoms with E-state index in [-0.39, 0.29) is 5.91 Å². The van der Waals surface area contributed by atoms with E-state index in [1.54, 1.807) is 12.1 Å². The summed E-state index contributed by atoms with van der Waals surface area (Å²) in [7, 11) is 0. The van der Waals surface area contributed by atoms with Crippen LogP contribution in [0.1, 0.15) is 15.9 Å². The predicted molar refractivity (Wildman–Crippen MR) is 106 cm³/mol. The molecule has 4 aromatic rings. The van der Waals surface area contributed by atoms with Gasteiger partial charge in [-0.15, -0.1) is 0 Å². The average molecular weight is 407 g/mol. The van der Waals surface area contributed by atoms with Crippen molar-refractivity contribution in [2.24, 2.45) is 0 Å². The van der Waals surface area contributed by atoms with Crippen LogP contribution < -0.4 is 5.32 Å². The fourth-order valence-electron chi connectivity index (χ4n) is 2.71. The molecule has 4 rings (SSSR count). The summed E-state index contributed by atoms with van der Waals surface area (Å²) < 4.78 is 6.69. The molecule has 0 saturated carbocycles. The monoisotopic (exact) mass is 406 g/mol. The lowest BCUT2D eigenvalue weighted by atomic mass is 10.1. The molecule has 0 atom stereocenters. The number of aryl methyl sites for hydroxylation is 1. The highest BCUT2D eigenvalue weighted by Gasteiger charge is 2.12. The largest absolute Gasteiger partial charge is 0.436 e. The number of oxazole rings is 1. The van der Waals surface area contributed by atoms with Gasteiger partial charge in [0.05, 0.1) is 0 Å². The van der Waals surface area contributed by atoms with E-state index in [9.17, 15) is 4.79 Å². The SMILES string of the molecule is Cc1ccc(-c2nc3ccccc3o2)cc1NC(=O)c1cccc(Br)c1. The number of nitrogens with one attached hydrogen (secondary N) is 1. The van der Waals surface area contributed by atoms with Crippen LogP contribution in [0.4, 0.5) is 5.69 Å². The van der Waals surface area contributed by atoms with Crippen molar-refractivity contribution in [2.75, 3.05) is 5.32 Å². The van der Waals surface area contributed by atoms with Crippen LogP contribution in [0.2, 0.25) is 0 Å². The van der Waals surface area contributed by atoms with Crippen molar-refractivity contribution in [3.05, 3.63) is 82.3 Å². The number of hydrogen-bond acceptors (Lipinski definition) is 3. The third-order valence-electron chi connectivity index (χ3n) is 4.11. The summed E-state index contributed by atoms with van der Waals surface area (Å²) in [4.78, 5) is 17.1. The first-order valence-electron chi connectivity index (χ1n) is 8.14. The van der Waals surface area contributed by atoms with Crippen molar-refractivity contribution in [3.63, 3.8) is 0 Å². The zero-order valence-electron chi connectivity index (χ0n) is 14.0. The Morgan fingerprint density at radius 2 is 1.88 bits per heavy atom. The summed E-state index contributed by atoms with van der Waals surface area (Å²) >= 11 is 3.39. The zero-order chi connectivity index (χ0) is 18.1. The van der Waals surface area contributed by atoms with E-state index in [1.165, 1.54) is 0 Å². The minimum absolute atomic E-state index is 0.163. The molecule has 1 amide bonds. The minimum Gasteiger partial charge on any atom is -0.436 e. The number of anilines is 1. The van der Waals surface area contributed by atoms with Gasteiger partial charge in [-0.1, -0.05) is 40.2 Å². The van der Waals surface area contributed by atoms with Crippen molar-refractivity contribution in [1.29, 1.82) is 0 Å². The summed E-state index contributed by atoms with van der Waals surface area (Å²) in [6, 6.07) is 20.7. The topological polar surface area (TPSA) is 55.1 Å². The van der Waals surface area contributed by atoms with Crippen LogP contribution in [0.15, 0.2) is 75.6 Å². The molecule has 0 spiro atoms. The van der Waals surface area contributed by atoms with Crippen molar-refractivity contribution >= 4 is 38.6 Å². The van der Waals surface area contributed by atoms with Gasteiger partial charge in [0.15, 0.2) is 5.58 Å². The van der Waals surface area contributed by atoms with Gasteiger partial charge in [-0.25, -0.2) is 4.98 Å². The zero-order valence-corrected chi connectivity index (χ0v) is 15.6. The molecular weight excluding hydrogens is 392 g/mol. The van der Waals surface area contributed by atoms with E-state index in [2.05, 4.69) is 26.2 Å². The van der Waals surface area contributed by atoms with Gasteiger partial charge in [0, 0.05) is 21.3 Å². The quantitative estimate of drug-likeness (QED) is 0.466. The van der Waals surface area contributed by atoms with E-state index >= 15 is 0 Å². The third-order valence-corrected chi connectivity index (χ3v) is 4.61. The maximum Gasteiger partial charge on any atom is 0.255 e. The Bertz CT molecular complexity index is 1080. The molecule has 1 aromatic heterocycles. The standard InChI is InChI=1S/C21H15BrN2O2/c1-13-9-10-15(21-24-17-7-2-3-8-19(17)26-21)12-18(13)23-20(25)14-5-4-6-16(22)11-14/h2-12H,1H3,(H,23,25). The van der Waals surface area contributed by atoms with Gasteiger partial charge in [-0.05, 0) is 55.0 Å². The highest BCUT2D eigenvalue weighted by Crippen LogP contribution is 2.28.